The number of anilines is 1. The van der Waals surface area contributed by atoms with Crippen molar-refractivity contribution < 1.29 is 27.2 Å². The summed E-state index contributed by atoms with van der Waals surface area (Å²) in [7, 11) is -2.79. The Labute approximate surface area is 193 Å². The van der Waals surface area contributed by atoms with Crippen LogP contribution >= 0.6 is 0 Å². The van der Waals surface area contributed by atoms with Crippen LogP contribution in [0.15, 0.2) is 70.7 Å². The average molecular weight is 486 g/mol. The van der Waals surface area contributed by atoms with Crippen molar-refractivity contribution in [1.82, 2.24) is 0 Å². The third kappa shape index (κ3) is 5.63. The minimum atomic E-state index is -4.14. The van der Waals surface area contributed by atoms with Crippen molar-refractivity contribution in [2.45, 2.75) is 11.8 Å². The maximum absolute atomic E-state index is 12.6. The topological polar surface area (TPSA) is 163 Å². The molecule has 0 heterocycles. The van der Waals surface area contributed by atoms with Gasteiger partial charge >= 0.3 is 15.8 Å². The number of nitro groups is 2. The minimum absolute atomic E-state index is 0.0358. The van der Waals surface area contributed by atoms with E-state index in [1.165, 1.54) is 37.6 Å². The van der Waals surface area contributed by atoms with Gasteiger partial charge in [-0.3, -0.25) is 25.7 Å². The van der Waals surface area contributed by atoms with Gasteiger partial charge in [0.2, 0.25) is 0 Å². The van der Waals surface area contributed by atoms with Crippen LogP contribution in [0.4, 0.5) is 17.1 Å². The molecule has 0 radical (unpaired) electrons. The van der Waals surface area contributed by atoms with Crippen molar-refractivity contribution in [1.29, 1.82) is 0 Å². The van der Waals surface area contributed by atoms with Gasteiger partial charge in [0, 0.05) is 6.07 Å². The number of methoxy groups -OCH3 is 1. The van der Waals surface area contributed by atoms with E-state index in [-0.39, 0.29) is 22.1 Å². The number of aryl methyl sites for hydroxylation is 1. The summed E-state index contributed by atoms with van der Waals surface area (Å²) < 4.78 is 35.7. The van der Waals surface area contributed by atoms with E-state index in [0.29, 0.717) is 5.56 Å². The molecule has 0 aliphatic heterocycles. The lowest BCUT2D eigenvalue weighted by Gasteiger charge is -2.11. The van der Waals surface area contributed by atoms with Crippen molar-refractivity contribution in [3.63, 3.8) is 0 Å². The first-order valence-corrected chi connectivity index (χ1v) is 10.9. The smallest absolute Gasteiger partial charge is 0.339 e. The predicted molar refractivity (Wildman–Crippen MR) is 123 cm³/mol. The van der Waals surface area contributed by atoms with E-state index >= 15 is 0 Å². The summed E-state index contributed by atoms with van der Waals surface area (Å²) in [4.78, 5) is 20.5. The number of hydrogen-bond donors (Lipinski definition) is 1. The molecule has 176 valence electrons. The Morgan fingerprint density at radius 3 is 2.26 bits per heavy atom. The molecule has 0 unspecified atom stereocenters. The molecule has 0 saturated carbocycles. The fourth-order valence-electron chi connectivity index (χ4n) is 2.77. The van der Waals surface area contributed by atoms with Crippen molar-refractivity contribution >= 4 is 33.4 Å². The van der Waals surface area contributed by atoms with E-state index in [9.17, 15) is 28.6 Å². The lowest BCUT2D eigenvalue weighted by Crippen LogP contribution is -2.10. The third-order valence-electron chi connectivity index (χ3n) is 4.48. The first kappa shape index (κ1) is 24.1. The molecule has 0 aliphatic rings. The van der Waals surface area contributed by atoms with E-state index < -0.39 is 31.3 Å². The summed E-state index contributed by atoms with van der Waals surface area (Å²) in [5.41, 5.74) is 2.68. The molecular weight excluding hydrogens is 468 g/mol. The van der Waals surface area contributed by atoms with Crippen LogP contribution in [0.1, 0.15) is 11.1 Å². The van der Waals surface area contributed by atoms with Gasteiger partial charge in [0.15, 0.2) is 11.5 Å². The van der Waals surface area contributed by atoms with Gasteiger partial charge in [0.25, 0.3) is 5.69 Å². The summed E-state index contributed by atoms with van der Waals surface area (Å²) in [6.45, 7) is 1.82. The normalized spacial score (nSPS) is 11.2. The Bertz CT molecular complexity index is 1370. The van der Waals surface area contributed by atoms with Gasteiger partial charge in [0.1, 0.15) is 10.6 Å². The zero-order valence-electron chi connectivity index (χ0n) is 17.9. The van der Waals surface area contributed by atoms with Crippen LogP contribution in [0.25, 0.3) is 0 Å². The highest BCUT2D eigenvalue weighted by molar-refractivity contribution is 7.87. The SMILES string of the molecule is COc1ccc(/C=N/Nc2ccc([N+](=O)[O-])cc2[N+](=O)[O-])cc1OS(=O)(=O)c1ccc(C)cc1. The summed E-state index contributed by atoms with van der Waals surface area (Å²) in [6.07, 6.45) is 1.26. The van der Waals surface area contributed by atoms with Crippen molar-refractivity contribution in [2.24, 2.45) is 5.10 Å². The molecule has 3 aromatic carbocycles. The van der Waals surface area contributed by atoms with Gasteiger partial charge in [-0.25, -0.2) is 0 Å². The average Bonchev–Trinajstić information content (AvgIpc) is 2.79. The Hall–Kier alpha value is -4.52. The second kappa shape index (κ2) is 9.95. The monoisotopic (exact) mass is 486 g/mol. The number of hydrogen-bond acceptors (Lipinski definition) is 10. The van der Waals surface area contributed by atoms with Gasteiger partial charge in [-0.15, -0.1) is 0 Å². The number of ether oxygens (including phenoxy) is 1. The molecule has 0 saturated heterocycles. The first-order valence-electron chi connectivity index (χ1n) is 9.52. The Morgan fingerprint density at radius 2 is 1.65 bits per heavy atom. The Kier molecular flexibility index (Phi) is 7.06. The molecule has 13 heteroatoms. The number of nitrogens with zero attached hydrogens (tertiary/aromatic N) is 3. The molecule has 3 rings (SSSR count). The molecule has 3 aromatic rings. The van der Waals surface area contributed by atoms with Gasteiger partial charge in [-0.2, -0.15) is 13.5 Å². The van der Waals surface area contributed by atoms with Crippen LogP contribution < -0.4 is 14.3 Å². The van der Waals surface area contributed by atoms with Crippen LogP contribution in [0.5, 0.6) is 11.5 Å². The molecule has 0 atom stereocenters. The molecule has 0 aromatic heterocycles. The van der Waals surface area contributed by atoms with Crippen molar-refractivity contribution in [2.75, 3.05) is 12.5 Å². The predicted octanol–water partition coefficient (Wildman–Crippen LogP) is 4.03. The number of nitro benzene ring substituents is 2. The van der Waals surface area contributed by atoms with E-state index in [1.54, 1.807) is 18.2 Å². The molecule has 12 nitrogen and oxygen atoms in total. The molecule has 0 spiro atoms. The Balaban J connectivity index is 1.84. The highest BCUT2D eigenvalue weighted by Crippen LogP contribution is 2.31. The van der Waals surface area contributed by atoms with Crippen LogP contribution in [0, 0.1) is 27.2 Å². The van der Waals surface area contributed by atoms with Gasteiger partial charge in [-0.05, 0) is 48.9 Å². The zero-order chi connectivity index (χ0) is 24.9. The zero-order valence-corrected chi connectivity index (χ0v) is 18.7. The molecule has 0 fully saturated rings. The summed E-state index contributed by atoms with van der Waals surface area (Å²) >= 11 is 0. The highest BCUT2D eigenvalue weighted by atomic mass is 32.2. The molecule has 1 N–H and O–H groups in total. The molecule has 34 heavy (non-hydrogen) atoms. The fourth-order valence-corrected chi connectivity index (χ4v) is 3.70. The van der Waals surface area contributed by atoms with E-state index in [0.717, 1.165) is 23.8 Å². The van der Waals surface area contributed by atoms with Gasteiger partial charge < -0.3 is 8.92 Å². The number of hydrazone groups is 1. The van der Waals surface area contributed by atoms with Gasteiger partial charge in [0.05, 0.1) is 29.2 Å². The van der Waals surface area contributed by atoms with Gasteiger partial charge in [-0.1, -0.05) is 17.7 Å². The van der Waals surface area contributed by atoms with E-state index in [1.807, 2.05) is 6.92 Å². The quantitative estimate of drug-likeness (QED) is 0.203. The lowest BCUT2D eigenvalue weighted by molar-refractivity contribution is -0.393. The lowest BCUT2D eigenvalue weighted by atomic mass is 10.2. The highest BCUT2D eigenvalue weighted by Gasteiger charge is 2.20. The van der Waals surface area contributed by atoms with Crippen molar-refractivity contribution in [3.8, 4) is 11.5 Å². The number of non-ortho nitro benzene ring substituents is 1. The fraction of sp³-hybridized carbons (Fsp3) is 0.0952. The van der Waals surface area contributed by atoms with E-state index in [4.69, 9.17) is 8.92 Å². The van der Waals surface area contributed by atoms with Crippen LogP contribution in [-0.2, 0) is 10.1 Å². The Morgan fingerprint density at radius 1 is 0.941 bits per heavy atom. The van der Waals surface area contributed by atoms with Crippen LogP contribution in [0.3, 0.4) is 0 Å². The molecule has 0 amide bonds. The number of nitrogens with one attached hydrogen (secondary N) is 1. The minimum Gasteiger partial charge on any atom is -0.493 e. The number of benzene rings is 3. The second-order valence-electron chi connectivity index (χ2n) is 6.85. The van der Waals surface area contributed by atoms with Crippen LogP contribution in [-0.4, -0.2) is 31.6 Å². The maximum Gasteiger partial charge on any atom is 0.339 e. The standard InChI is InChI=1S/C21H18N4O8S/c1-14-3-7-17(8-4-14)34(30,31)33-21-11-15(5-10-20(21)32-2)13-22-23-18-9-6-16(24(26)27)12-19(18)25(28)29/h3-13,23H,1-2H3/b22-13+. The molecule has 0 aliphatic carbocycles. The second-order valence-corrected chi connectivity index (χ2v) is 8.39. The summed E-state index contributed by atoms with van der Waals surface area (Å²) in [5, 5.41) is 26.0. The van der Waals surface area contributed by atoms with Crippen molar-refractivity contribution in [3.05, 3.63) is 92.0 Å². The molecule has 0 bridgehead atoms. The largest absolute Gasteiger partial charge is 0.493 e. The van der Waals surface area contributed by atoms with E-state index in [2.05, 4.69) is 10.5 Å². The summed E-state index contributed by atoms with van der Waals surface area (Å²) in [6, 6.07) is 13.6. The third-order valence-corrected chi connectivity index (χ3v) is 5.73. The maximum atomic E-state index is 12.6. The first-order chi connectivity index (χ1) is 16.1. The molecular formula is C21H18N4O8S. The number of rotatable bonds is 9. The summed E-state index contributed by atoms with van der Waals surface area (Å²) in [5.74, 6) is 0.0696. The van der Waals surface area contributed by atoms with Crippen LogP contribution in [0.2, 0.25) is 0 Å².